The second-order valence-corrected chi connectivity index (χ2v) is 14.2. The standard InChI is InChI=1S/C27H41N5O10P2/c1-18-10-20(24(33)22(12-18)26(35)29-16-43(37,38)39)14-31-6-3-7-32(9-5-28-4-8-31)15-21-11-19(2)13-23(25(21)34)27(36)30-17-44(40,41)42/h10-13,28,33-34H,3-9,14-17H2,1-2H3,(H,29,35)(H,30,36)(H2,37,38,39)(H2,40,41,42). The van der Waals surface area contributed by atoms with Crippen LogP contribution in [-0.2, 0) is 22.2 Å². The number of nitrogens with zero attached hydrogens (tertiary/aromatic N) is 2. The van der Waals surface area contributed by atoms with E-state index in [9.17, 15) is 28.9 Å². The van der Waals surface area contributed by atoms with Crippen molar-refractivity contribution in [3.05, 3.63) is 57.6 Å². The Labute approximate surface area is 255 Å². The highest BCUT2D eigenvalue weighted by molar-refractivity contribution is 7.52. The maximum Gasteiger partial charge on any atom is 0.344 e. The third-order valence-corrected chi connectivity index (χ3v) is 8.13. The number of phenolic OH excluding ortho intramolecular Hbond substituents is 2. The first-order valence-electron chi connectivity index (χ1n) is 14.0. The number of aryl methyl sites for hydroxylation is 2. The van der Waals surface area contributed by atoms with Gasteiger partial charge in [0.1, 0.15) is 24.1 Å². The van der Waals surface area contributed by atoms with Gasteiger partial charge in [0.05, 0.1) is 11.1 Å². The van der Waals surface area contributed by atoms with Gasteiger partial charge in [0.15, 0.2) is 0 Å². The molecule has 2 amide bonds. The predicted molar refractivity (Wildman–Crippen MR) is 162 cm³/mol. The van der Waals surface area contributed by atoms with Crippen molar-refractivity contribution in [3.63, 3.8) is 0 Å². The molecule has 0 aliphatic carbocycles. The average molecular weight is 658 g/mol. The lowest BCUT2D eigenvalue weighted by atomic mass is 10.0. The van der Waals surface area contributed by atoms with Crippen molar-refractivity contribution in [1.82, 2.24) is 25.8 Å². The van der Waals surface area contributed by atoms with E-state index in [2.05, 4.69) is 25.8 Å². The molecule has 1 aliphatic rings. The van der Waals surface area contributed by atoms with Crippen LogP contribution in [0.4, 0.5) is 0 Å². The molecule has 0 aromatic heterocycles. The normalized spacial score (nSPS) is 16.0. The van der Waals surface area contributed by atoms with Crippen LogP contribution >= 0.6 is 15.2 Å². The van der Waals surface area contributed by atoms with E-state index in [0.717, 1.165) is 6.42 Å². The highest BCUT2D eigenvalue weighted by Crippen LogP contribution is 2.34. The summed E-state index contributed by atoms with van der Waals surface area (Å²) in [5, 5.41) is 29.4. The molecule has 1 aliphatic heterocycles. The highest BCUT2D eigenvalue weighted by atomic mass is 31.2. The fourth-order valence-corrected chi connectivity index (χ4v) is 5.67. The zero-order chi connectivity index (χ0) is 32.7. The maximum atomic E-state index is 12.5. The van der Waals surface area contributed by atoms with Gasteiger partial charge in [0.2, 0.25) is 0 Å². The average Bonchev–Trinajstić information content (AvgIpc) is 2.92. The number of aromatic hydroxyl groups is 2. The van der Waals surface area contributed by atoms with Gasteiger partial charge in [-0.2, -0.15) is 0 Å². The predicted octanol–water partition coefficient (Wildman–Crippen LogP) is 0.742. The Kier molecular flexibility index (Phi) is 12.5. The van der Waals surface area contributed by atoms with Crippen LogP contribution in [0.25, 0.3) is 0 Å². The molecule has 244 valence electrons. The van der Waals surface area contributed by atoms with Crippen LogP contribution in [0.1, 0.15) is 49.4 Å². The first-order chi connectivity index (χ1) is 20.5. The number of benzene rings is 2. The van der Waals surface area contributed by atoms with Crippen molar-refractivity contribution in [3.8, 4) is 11.5 Å². The smallest absolute Gasteiger partial charge is 0.344 e. The van der Waals surface area contributed by atoms with Crippen LogP contribution in [0.3, 0.4) is 0 Å². The number of nitrogens with one attached hydrogen (secondary N) is 3. The Morgan fingerprint density at radius 3 is 1.48 bits per heavy atom. The van der Waals surface area contributed by atoms with Gasteiger partial charge < -0.3 is 45.7 Å². The minimum absolute atomic E-state index is 0.0634. The second kappa shape index (κ2) is 15.4. The van der Waals surface area contributed by atoms with Crippen LogP contribution in [0.15, 0.2) is 24.3 Å². The van der Waals surface area contributed by atoms with Crippen molar-refractivity contribution >= 4 is 27.0 Å². The van der Waals surface area contributed by atoms with E-state index in [1.54, 1.807) is 26.0 Å². The van der Waals surface area contributed by atoms with Gasteiger partial charge in [-0.05, 0) is 56.6 Å². The van der Waals surface area contributed by atoms with E-state index >= 15 is 0 Å². The molecule has 0 bridgehead atoms. The number of hydrogen-bond donors (Lipinski definition) is 9. The van der Waals surface area contributed by atoms with E-state index in [1.165, 1.54) is 12.1 Å². The summed E-state index contributed by atoms with van der Waals surface area (Å²) in [6.45, 7) is 8.10. The molecule has 0 saturated carbocycles. The van der Waals surface area contributed by atoms with E-state index < -0.39 is 39.6 Å². The summed E-state index contributed by atoms with van der Waals surface area (Å²) in [4.78, 5) is 65.6. The van der Waals surface area contributed by atoms with Crippen molar-refractivity contribution in [2.75, 3.05) is 51.8 Å². The van der Waals surface area contributed by atoms with E-state index in [-0.39, 0.29) is 22.6 Å². The SMILES string of the molecule is Cc1cc(CN2CCCN(Cc3cc(C)cc(C(=O)NCP(=O)(O)O)c3O)CCNCC2)c(O)c(C(=O)NCP(=O)(O)O)c1. The number of phenols is 2. The number of hydrogen-bond acceptors (Lipinski definition) is 9. The van der Waals surface area contributed by atoms with Crippen LogP contribution in [0.2, 0.25) is 0 Å². The van der Waals surface area contributed by atoms with Gasteiger partial charge in [-0.1, -0.05) is 12.1 Å². The monoisotopic (exact) mass is 657 g/mol. The molecular weight excluding hydrogens is 616 g/mol. The lowest BCUT2D eigenvalue weighted by molar-refractivity contribution is 0.0946. The van der Waals surface area contributed by atoms with Crippen LogP contribution in [0.5, 0.6) is 11.5 Å². The minimum atomic E-state index is -4.46. The summed E-state index contributed by atoms with van der Waals surface area (Å²) in [5.41, 5.74) is 2.30. The van der Waals surface area contributed by atoms with E-state index in [4.69, 9.17) is 19.6 Å². The molecule has 1 fully saturated rings. The number of carbonyl (C=O) groups is 2. The van der Waals surface area contributed by atoms with Gasteiger partial charge in [-0.25, -0.2) is 0 Å². The first-order valence-corrected chi connectivity index (χ1v) is 17.6. The topological polar surface area (TPSA) is 232 Å². The summed E-state index contributed by atoms with van der Waals surface area (Å²) in [6, 6.07) is 6.45. The molecular formula is C27H41N5O10P2. The molecule has 1 heterocycles. The molecule has 15 nitrogen and oxygen atoms in total. The van der Waals surface area contributed by atoms with Crippen LogP contribution in [0, 0.1) is 13.8 Å². The van der Waals surface area contributed by atoms with Gasteiger partial charge >= 0.3 is 15.2 Å². The van der Waals surface area contributed by atoms with Gasteiger partial charge in [0.25, 0.3) is 11.8 Å². The Hall–Kier alpha value is -2.84. The Balaban J connectivity index is 1.69. The molecule has 0 spiro atoms. The highest BCUT2D eigenvalue weighted by Gasteiger charge is 2.23. The first kappa shape index (κ1) is 35.6. The van der Waals surface area contributed by atoms with Crippen molar-refractivity contribution < 1.29 is 48.5 Å². The molecule has 9 N–H and O–H groups in total. The van der Waals surface area contributed by atoms with Crippen molar-refractivity contribution in [2.45, 2.75) is 33.4 Å². The maximum absolute atomic E-state index is 12.5. The molecule has 3 rings (SSSR count). The minimum Gasteiger partial charge on any atom is -0.507 e. The molecule has 17 heteroatoms. The van der Waals surface area contributed by atoms with Crippen LogP contribution < -0.4 is 16.0 Å². The zero-order valence-electron chi connectivity index (χ0n) is 24.7. The Bertz CT molecular complexity index is 1340. The molecule has 2 aromatic carbocycles. The second-order valence-electron chi connectivity index (χ2n) is 11.0. The van der Waals surface area contributed by atoms with Gasteiger partial charge in [-0.3, -0.25) is 28.5 Å². The molecule has 0 radical (unpaired) electrons. The van der Waals surface area contributed by atoms with Crippen molar-refractivity contribution in [2.24, 2.45) is 0 Å². The molecule has 0 atom stereocenters. The zero-order valence-corrected chi connectivity index (χ0v) is 26.5. The molecule has 2 aromatic rings. The quantitative estimate of drug-likeness (QED) is 0.161. The summed E-state index contributed by atoms with van der Waals surface area (Å²) in [6.07, 6.45) is -0.951. The summed E-state index contributed by atoms with van der Waals surface area (Å²) >= 11 is 0. The third kappa shape index (κ3) is 11.3. The van der Waals surface area contributed by atoms with Gasteiger partial charge in [0, 0.05) is 50.4 Å². The lowest BCUT2D eigenvalue weighted by Crippen LogP contribution is -2.40. The largest absolute Gasteiger partial charge is 0.507 e. The van der Waals surface area contributed by atoms with Gasteiger partial charge in [-0.15, -0.1) is 0 Å². The third-order valence-electron chi connectivity index (χ3n) is 6.99. The Morgan fingerprint density at radius 1 is 0.727 bits per heavy atom. The molecule has 1 saturated heterocycles. The summed E-state index contributed by atoms with van der Waals surface area (Å²) in [5.74, 6) is -2.06. The summed E-state index contributed by atoms with van der Waals surface area (Å²) < 4.78 is 22.3. The fourth-order valence-electron chi connectivity index (χ4n) is 4.97. The van der Waals surface area contributed by atoms with E-state index in [1.807, 2.05) is 0 Å². The molecule has 0 unspecified atom stereocenters. The number of amides is 2. The number of rotatable bonds is 10. The fraction of sp³-hybridized carbons (Fsp3) is 0.481. The van der Waals surface area contributed by atoms with E-state index in [0.29, 0.717) is 74.6 Å². The molecule has 44 heavy (non-hydrogen) atoms. The number of carbonyl (C=O) groups excluding carboxylic acids is 2. The summed E-state index contributed by atoms with van der Waals surface area (Å²) in [7, 11) is -8.93. The van der Waals surface area contributed by atoms with Crippen molar-refractivity contribution in [1.29, 1.82) is 0 Å². The Morgan fingerprint density at radius 2 is 1.11 bits per heavy atom. The lowest BCUT2D eigenvalue weighted by Gasteiger charge is -2.29. The van der Waals surface area contributed by atoms with Crippen LogP contribution in [-0.4, -0.2) is 103 Å².